The molecule has 0 radical (unpaired) electrons. The highest BCUT2D eigenvalue weighted by Gasteiger charge is 2.23. The van der Waals surface area contributed by atoms with Gasteiger partial charge in [-0.1, -0.05) is 0 Å². The largest absolute Gasteiger partial charge is 0.352 e. The number of nitro groups is 1. The fourth-order valence-corrected chi connectivity index (χ4v) is 3.28. The maximum atomic E-state index is 12.6. The minimum absolute atomic E-state index is 0.0284. The molecular weight excluding hydrogens is 374 g/mol. The zero-order chi connectivity index (χ0) is 20.4. The molecule has 3 heterocycles. The van der Waals surface area contributed by atoms with Crippen molar-refractivity contribution in [3.63, 3.8) is 0 Å². The third-order valence-corrected chi connectivity index (χ3v) is 4.92. The zero-order valence-corrected chi connectivity index (χ0v) is 15.8. The molecule has 1 aliphatic rings. The molecule has 10 nitrogen and oxygen atoms in total. The molecule has 4 rings (SSSR count). The molecular formula is C19H19N7O3. The Labute approximate surface area is 166 Å². The summed E-state index contributed by atoms with van der Waals surface area (Å²) < 4.78 is 1.86. The quantitative estimate of drug-likeness (QED) is 0.491. The third-order valence-electron chi connectivity index (χ3n) is 4.92. The maximum absolute atomic E-state index is 12.6. The predicted octanol–water partition coefficient (Wildman–Crippen LogP) is 1.84. The summed E-state index contributed by atoms with van der Waals surface area (Å²) in [7, 11) is 0. The van der Waals surface area contributed by atoms with Gasteiger partial charge in [0.2, 0.25) is 0 Å². The van der Waals surface area contributed by atoms with Crippen molar-refractivity contribution in [1.82, 2.24) is 24.6 Å². The van der Waals surface area contributed by atoms with Gasteiger partial charge in [0.15, 0.2) is 11.6 Å². The average molecular weight is 393 g/mol. The molecule has 148 valence electrons. The van der Waals surface area contributed by atoms with Crippen molar-refractivity contribution in [1.29, 1.82) is 0 Å². The Balaban J connectivity index is 1.38. The molecule has 0 aliphatic carbocycles. The fraction of sp³-hybridized carbons (Fsp3) is 0.263. The molecule has 0 spiro atoms. The van der Waals surface area contributed by atoms with Gasteiger partial charge in [0.1, 0.15) is 5.82 Å². The highest BCUT2D eigenvalue weighted by Crippen LogP contribution is 2.18. The molecule has 10 heteroatoms. The number of rotatable bonds is 4. The van der Waals surface area contributed by atoms with Gasteiger partial charge in [-0.15, -0.1) is 10.2 Å². The van der Waals surface area contributed by atoms with Crippen molar-refractivity contribution in [2.45, 2.75) is 6.92 Å². The second-order valence-corrected chi connectivity index (χ2v) is 6.68. The Kier molecular flexibility index (Phi) is 4.90. The molecule has 0 atom stereocenters. The van der Waals surface area contributed by atoms with Crippen molar-refractivity contribution < 1.29 is 9.72 Å². The molecule has 0 saturated carbocycles. The lowest BCUT2D eigenvalue weighted by Crippen LogP contribution is -2.49. The van der Waals surface area contributed by atoms with Gasteiger partial charge in [0, 0.05) is 56.3 Å². The van der Waals surface area contributed by atoms with E-state index >= 15 is 0 Å². The number of carbonyl (C=O) groups is 1. The van der Waals surface area contributed by atoms with Gasteiger partial charge < -0.3 is 9.80 Å². The van der Waals surface area contributed by atoms with Gasteiger partial charge in [-0.3, -0.25) is 19.5 Å². The summed E-state index contributed by atoms with van der Waals surface area (Å²) in [6, 6.07) is 9.50. The summed E-state index contributed by atoms with van der Waals surface area (Å²) in [6.07, 6.45) is 3.55. The number of aromatic nitrogens is 4. The number of amides is 1. The number of aryl methyl sites for hydroxylation is 1. The molecule has 0 N–H and O–H groups in total. The van der Waals surface area contributed by atoms with E-state index in [4.69, 9.17) is 0 Å². The standard InChI is InChI=1S/C19H19N7O3/c1-14-20-8-9-25(14)18-7-6-17(21-22-18)23-10-12-24(13-11-23)19(27)15-2-4-16(5-3-15)26(28)29/h2-9H,10-13H2,1H3. The lowest BCUT2D eigenvalue weighted by molar-refractivity contribution is -0.384. The average Bonchev–Trinajstić information content (AvgIpc) is 3.19. The third kappa shape index (κ3) is 3.77. The SMILES string of the molecule is Cc1nccn1-c1ccc(N2CCN(C(=O)c3ccc([N+](=O)[O-])cc3)CC2)nn1. The van der Waals surface area contributed by atoms with Gasteiger partial charge >= 0.3 is 0 Å². The Bertz CT molecular complexity index is 1020. The van der Waals surface area contributed by atoms with Crippen LogP contribution >= 0.6 is 0 Å². The van der Waals surface area contributed by atoms with Crippen LogP contribution in [0.1, 0.15) is 16.2 Å². The number of anilines is 1. The van der Waals surface area contributed by atoms with Crippen LogP contribution in [0.5, 0.6) is 0 Å². The number of piperazine rings is 1. The van der Waals surface area contributed by atoms with Crippen molar-refractivity contribution in [3.8, 4) is 5.82 Å². The first-order valence-corrected chi connectivity index (χ1v) is 9.15. The van der Waals surface area contributed by atoms with Crippen LogP contribution in [0, 0.1) is 17.0 Å². The Hall–Kier alpha value is -3.82. The fourth-order valence-electron chi connectivity index (χ4n) is 3.28. The molecule has 3 aromatic rings. The van der Waals surface area contributed by atoms with Crippen molar-refractivity contribution >= 4 is 17.4 Å². The van der Waals surface area contributed by atoms with E-state index in [1.165, 1.54) is 24.3 Å². The predicted molar refractivity (Wildman–Crippen MR) is 105 cm³/mol. The number of nitrogens with zero attached hydrogens (tertiary/aromatic N) is 7. The summed E-state index contributed by atoms with van der Waals surface area (Å²) >= 11 is 0. The summed E-state index contributed by atoms with van der Waals surface area (Å²) in [5.74, 6) is 2.17. The van der Waals surface area contributed by atoms with E-state index in [1.54, 1.807) is 11.1 Å². The first-order chi connectivity index (χ1) is 14.0. The molecule has 2 aromatic heterocycles. The molecule has 1 fully saturated rings. The second kappa shape index (κ2) is 7.66. The van der Waals surface area contributed by atoms with Crippen molar-refractivity contribution in [2.75, 3.05) is 31.1 Å². The molecule has 1 saturated heterocycles. The van der Waals surface area contributed by atoms with Crippen molar-refractivity contribution in [2.24, 2.45) is 0 Å². The number of imidazole rings is 1. The van der Waals surface area contributed by atoms with E-state index in [0.29, 0.717) is 37.6 Å². The molecule has 1 aliphatic heterocycles. The lowest BCUT2D eigenvalue weighted by Gasteiger charge is -2.35. The summed E-state index contributed by atoms with van der Waals surface area (Å²) in [6.45, 7) is 4.25. The minimum atomic E-state index is -0.479. The van der Waals surface area contributed by atoms with E-state index in [2.05, 4.69) is 20.1 Å². The van der Waals surface area contributed by atoms with Gasteiger partial charge in [-0.25, -0.2) is 4.98 Å². The number of nitro benzene ring substituents is 1. The van der Waals surface area contributed by atoms with Crippen LogP contribution in [0.25, 0.3) is 5.82 Å². The van der Waals surface area contributed by atoms with E-state index in [-0.39, 0.29) is 11.6 Å². The topological polar surface area (TPSA) is 110 Å². The number of non-ortho nitro benzene ring substituents is 1. The van der Waals surface area contributed by atoms with Gasteiger partial charge in [0.25, 0.3) is 11.6 Å². The molecule has 29 heavy (non-hydrogen) atoms. The Morgan fingerprint density at radius 3 is 2.21 bits per heavy atom. The number of hydrogen-bond donors (Lipinski definition) is 0. The molecule has 1 amide bonds. The van der Waals surface area contributed by atoms with Gasteiger partial charge in [-0.2, -0.15) is 0 Å². The number of benzene rings is 1. The van der Waals surface area contributed by atoms with E-state index in [9.17, 15) is 14.9 Å². The lowest BCUT2D eigenvalue weighted by atomic mass is 10.1. The summed E-state index contributed by atoms with van der Waals surface area (Å²) in [4.78, 5) is 30.9. The first kappa shape index (κ1) is 18.5. The van der Waals surface area contributed by atoms with Gasteiger partial charge in [-0.05, 0) is 31.2 Å². The Morgan fingerprint density at radius 2 is 1.66 bits per heavy atom. The van der Waals surface area contributed by atoms with Crippen LogP contribution in [-0.2, 0) is 0 Å². The van der Waals surface area contributed by atoms with Crippen LogP contribution in [0.2, 0.25) is 0 Å². The highest BCUT2D eigenvalue weighted by atomic mass is 16.6. The normalized spacial score (nSPS) is 14.1. The summed E-state index contributed by atoms with van der Waals surface area (Å²) in [5.41, 5.74) is 0.420. The molecule has 0 unspecified atom stereocenters. The van der Waals surface area contributed by atoms with Crippen LogP contribution < -0.4 is 4.90 Å². The summed E-state index contributed by atoms with van der Waals surface area (Å²) in [5, 5.41) is 19.3. The van der Waals surface area contributed by atoms with E-state index in [1.807, 2.05) is 29.8 Å². The van der Waals surface area contributed by atoms with Crippen LogP contribution in [0.4, 0.5) is 11.5 Å². The molecule has 0 bridgehead atoms. The Morgan fingerprint density at radius 1 is 1.00 bits per heavy atom. The minimum Gasteiger partial charge on any atom is -0.352 e. The molecule has 1 aromatic carbocycles. The van der Waals surface area contributed by atoms with Crippen LogP contribution in [-0.4, -0.2) is 61.7 Å². The van der Waals surface area contributed by atoms with Crippen molar-refractivity contribution in [3.05, 3.63) is 70.3 Å². The monoisotopic (exact) mass is 393 g/mol. The highest BCUT2D eigenvalue weighted by molar-refractivity contribution is 5.94. The van der Waals surface area contributed by atoms with E-state index in [0.717, 1.165) is 11.6 Å². The van der Waals surface area contributed by atoms with E-state index < -0.39 is 4.92 Å². The van der Waals surface area contributed by atoms with Gasteiger partial charge in [0.05, 0.1) is 4.92 Å². The number of carbonyl (C=O) groups excluding carboxylic acids is 1. The smallest absolute Gasteiger partial charge is 0.269 e. The maximum Gasteiger partial charge on any atom is 0.269 e. The van der Waals surface area contributed by atoms with Crippen LogP contribution in [0.15, 0.2) is 48.8 Å². The van der Waals surface area contributed by atoms with Crippen LogP contribution in [0.3, 0.4) is 0 Å². The zero-order valence-electron chi connectivity index (χ0n) is 15.8. The first-order valence-electron chi connectivity index (χ1n) is 9.15. The second-order valence-electron chi connectivity index (χ2n) is 6.68. The number of hydrogen-bond acceptors (Lipinski definition) is 7.